The number of nitrogens with one attached hydrogen (secondary N) is 2. The first-order chi connectivity index (χ1) is 13.9. The molecule has 2 aromatic heterocycles. The van der Waals surface area contributed by atoms with Crippen LogP contribution in [0.1, 0.15) is 38.2 Å². The number of thioether (sulfide) groups is 1. The van der Waals surface area contributed by atoms with Gasteiger partial charge in [0.15, 0.2) is 11.4 Å². The van der Waals surface area contributed by atoms with E-state index >= 15 is 0 Å². The zero-order valence-electron chi connectivity index (χ0n) is 16.4. The topological polar surface area (TPSA) is 108 Å². The van der Waals surface area contributed by atoms with Crippen LogP contribution in [-0.4, -0.2) is 32.1 Å². The van der Waals surface area contributed by atoms with Crippen molar-refractivity contribution in [2.24, 2.45) is 10.9 Å². The highest BCUT2D eigenvalue weighted by atomic mass is 35.5. The van der Waals surface area contributed by atoms with E-state index in [1.54, 1.807) is 11.8 Å². The Kier molecular flexibility index (Phi) is 6.77. The van der Waals surface area contributed by atoms with Crippen LogP contribution in [0.2, 0.25) is 0 Å². The van der Waals surface area contributed by atoms with Gasteiger partial charge in [0, 0.05) is 11.1 Å². The van der Waals surface area contributed by atoms with Crippen LogP contribution in [0.4, 0.5) is 11.6 Å². The van der Waals surface area contributed by atoms with Gasteiger partial charge in [0.2, 0.25) is 0 Å². The van der Waals surface area contributed by atoms with E-state index in [1.807, 2.05) is 32.2 Å². The van der Waals surface area contributed by atoms with Gasteiger partial charge in [0.05, 0.1) is 24.5 Å². The van der Waals surface area contributed by atoms with Gasteiger partial charge >= 0.3 is 0 Å². The van der Waals surface area contributed by atoms with Gasteiger partial charge in [0.25, 0.3) is 5.56 Å². The summed E-state index contributed by atoms with van der Waals surface area (Å²) in [6.07, 6.45) is 3.32. The Morgan fingerprint density at radius 1 is 1.45 bits per heavy atom. The molecule has 0 fully saturated rings. The van der Waals surface area contributed by atoms with Crippen LogP contribution >= 0.6 is 23.4 Å². The minimum Gasteiger partial charge on any atom is -0.360 e. The monoisotopic (exact) mass is 431 g/mol. The summed E-state index contributed by atoms with van der Waals surface area (Å²) in [5.74, 6) is 1.43. The predicted molar refractivity (Wildman–Crippen MR) is 117 cm³/mol. The molecule has 3 rings (SSSR count). The number of alkyl halides is 1. The van der Waals surface area contributed by atoms with Crippen LogP contribution in [0.25, 0.3) is 0 Å². The van der Waals surface area contributed by atoms with Crippen LogP contribution in [0, 0.1) is 17.2 Å². The second-order valence-electron chi connectivity index (χ2n) is 6.72. The standard InChI is InChI=1S/C19H22ClN7OS/c1-4-29-13-6-5-12(22-9-13)8-23-16-18(28)27(15(7-21)11(2)3)17-14(25-16)10-24-19(20)26-17/h5-6,9-11,15,19,26H,4,8H2,1-3H3,(H,23,25). The number of fused-ring (bicyclic) bond motifs is 1. The lowest BCUT2D eigenvalue weighted by Crippen LogP contribution is -2.35. The molecule has 0 amide bonds. The molecular weight excluding hydrogens is 410 g/mol. The Balaban J connectivity index is 1.95. The second kappa shape index (κ2) is 9.29. The van der Waals surface area contributed by atoms with Crippen LogP contribution in [0.3, 0.4) is 0 Å². The molecule has 2 N–H and O–H groups in total. The summed E-state index contributed by atoms with van der Waals surface area (Å²) in [6, 6.07) is 5.44. The van der Waals surface area contributed by atoms with Crippen molar-refractivity contribution in [2.75, 3.05) is 16.4 Å². The zero-order valence-corrected chi connectivity index (χ0v) is 18.0. The fraction of sp³-hybridized carbons (Fsp3) is 0.421. The molecule has 8 nitrogen and oxygen atoms in total. The highest BCUT2D eigenvalue weighted by molar-refractivity contribution is 7.99. The third kappa shape index (κ3) is 4.71. The molecule has 0 radical (unpaired) electrons. The van der Waals surface area contributed by atoms with E-state index in [-0.39, 0.29) is 11.7 Å². The molecular formula is C19H22ClN7OS. The molecule has 0 aliphatic carbocycles. The highest BCUT2D eigenvalue weighted by Gasteiger charge is 2.27. The number of anilines is 2. The number of hydrogen-bond donors (Lipinski definition) is 2. The minimum absolute atomic E-state index is 0.0863. The third-order valence-electron chi connectivity index (χ3n) is 4.31. The predicted octanol–water partition coefficient (Wildman–Crippen LogP) is 3.45. The molecule has 1 aliphatic heterocycles. The summed E-state index contributed by atoms with van der Waals surface area (Å²) in [4.78, 5) is 27.1. The number of pyridine rings is 1. The van der Waals surface area contributed by atoms with Crippen molar-refractivity contribution in [2.45, 2.75) is 43.9 Å². The second-order valence-corrected chi connectivity index (χ2v) is 8.47. The van der Waals surface area contributed by atoms with Crippen LogP contribution in [-0.2, 0) is 6.54 Å². The number of halogens is 1. The number of nitrogens with zero attached hydrogens (tertiary/aromatic N) is 5. The van der Waals surface area contributed by atoms with E-state index < -0.39 is 17.2 Å². The van der Waals surface area contributed by atoms with E-state index in [9.17, 15) is 10.1 Å². The SMILES string of the molecule is CCSc1ccc(CNc2nc3c(n(C(C#N)C(C)C)c2=O)NC(Cl)N=C3)nc1. The smallest absolute Gasteiger partial charge is 0.296 e. The Bertz CT molecular complexity index is 997. The summed E-state index contributed by atoms with van der Waals surface area (Å²) >= 11 is 7.77. The van der Waals surface area contributed by atoms with Gasteiger partial charge in [-0.1, -0.05) is 32.4 Å². The highest BCUT2D eigenvalue weighted by Crippen LogP contribution is 2.26. The van der Waals surface area contributed by atoms with E-state index in [4.69, 9.17) is 11.6 Å². The van der Waals surface area contributed by atoms with E-state index in [0.29, 0.717) is 18.1 Å². The zero-order chi connectivity index (χ0) is 21.0. The number of rotatable bonds is 7. The Morgan fingerprint density at radius 2 is 2.24 bits per heavy atom. The maximum Gasteiger partial charge on any atom is 0.296 e. The summed E-state index contributed by atoms with van der Waals surface area (Å²) in [6.45, 7) is 6.19. The Labute approximate surface area is 178 Å². The molecule has 0 spiro atoms. The first-order valence-electron chi connectivity index (χ1n) is 9.26. The van der Waals surface area contributed by atoms with Gasteiger partial charge < -0.3 is 10.6 Å². The lowest BCUT2D eigenvalue weighted by molar-refractivity contribution is 0.451. The fourth-order valence-corrected chi connectivity index (χ4v) is 3.69. The molecule has 0 saturated heterocycles. The van der Waals surface area contributed by atoms with E-state index in [2.05, 4.69) is 38.6 Å². The van der Waals surface area contributed by atoms with Crippen molar-refractivity contribution in [3.05, 3.63) is 40.1 Å². The van der Waals surface area contributed by atoms with E-state index in [1.165, 1.54) is 10.8 Å². The molecule has 0 saturated carbocycles. The van der Waals surface area contributed by atoms with Gasteiger partial charge in [-0.25, -0.2) is 4.98 Å². The van der Waals surface area contributed by atoms with Crippen molar-refractivity contribution in [3.8, 4) is 6.07 Å². The fourth-order valence-electron chi connectivity index (χ4n) is 2.91. The number of aliphatic imine (C=N–C) groups is 1. The number of nitriles is 1. The summed E-state index contributed by atoms with van der Waals surface area (Å²) in [5.41, 5.74) is 0.120. The Hall–Kier alpha value is -2.57. The van der Waals surface area contributed by atoms with Crippen LogP contribution in [0.15, 0.2) is 33.0 Å². The summed E-state index contributed by atoms with van der Waals surface area (Å²) < 4.78 is 1.41. The molecule has 152 valence electrons. The molecule has 0 bridgehead atoms. The van der Waals surface area contributed by atoms with Gasteiger partial charge in [-0.05, 0) is 23.8 Å². The van der Waals surface area contributed by atoms with Crippen molar-refractivity contribution in [1.82, 2.24) is 14.5 Å². The molecule has 29 heavy (non-hydrogen) atoms. The van der Waals surface area contributed by atoms with Crippen molar-refractivity contribution < 1.29 is 0 Å². The normalized spacial score (nSPS) is 16.1. The van der Waals surface area contributed by atoms with Crippen LogP contribution < -0.4 is 16.2 Å². The lowest BCUT2D eigenvalue weighted by Gasteiger charge is -2.26. The molecule has 3 heterocycles. The average Bonchev–Trinajstić information content (AvgIpc) is 2.70. The molecule has 1 aliphatic rings. The van der Waals surface area contributed by atoms with Gasteiger partial charge in [0.1, 0.15) is 17.6 Å². The number of aromatic nitrogens is 3. The first kappa shape index (κ1) is 21.1. The van der Waals surface area contributed by atoms with Crippen molar-refractivity contribution in [3.63, 3.8) is 0 Å². The lowest BCUT2D eigenvalue weighted by atomic mass is 10.1. The maximum atomic E-state index is 13.1. The maximum absolute atomic E-state index is 13.1. The van der Waals surface area contributed by atoms with Gasteiger partial charge in [-0.2, -0.15) is 5.26 Å². The molecule has 0 aromatic carbocycles. The van der Waals surface area contributed by atoms with Crippen molar-refractivity contribution >= 4 is 41.2 Å². The summed E-state index contributed by atoms with van der Waals surface area (Å²) in [5, 5.41) is 15.6. The molecule has 2 atom stereocenters. The molecule has 2 aromatic rings. The molecule has 2 unspecified atom stereocenters. The van der Waals surface area contributed by atoms with Crippen molar-refractivity contribution in [1.29, 1.82) is 5.26 Å². The van der Waals surface area contributed by atoms with Gasteiger partial charge in [-0.3, -0.25) is 19.3 Å². The quantitative estimate of drug-likeness (QED) is 0.392. The number of hydrogen-bond acceptors (Lipinski definition) is 8. The summed E-state index contributed by atoms with van der Waals surface area (Å²) in [7, 11) is 0. The van der Waals surface area contributed by atoms with Gasteiger partial charge in [-0.15, -0.1) is 11.8 Å². The molecule has 10 heteroatoms. The third-order valence-corrected chi connectivity index (χ3v) is 5.39. The minimum atomic E-state index is -0.719. The Morgan fingerprint density at radius 3 is 2.86 bits per heavy atom. The largest absolute Gasteiger partial charge is 0.360 e. The first-order valence-corrected chi connectivity index (χ1v) is 10.7. The van der Waals surface area contributed by atoms with E-state index in [0.717, 1.165) is 16.3 Å². The van der Waals surface area contributed by atoms with Crippen LogP contribution in [0.5, 0.6) is 0 Å². The average molecular weight is 432 g/mol.